The van der Waals surface area contributed by atoms with Crippen molar-refractivity contribution in [2.75, 3.05) is 33.4 Å². The van der Waals surface area contributed by atoms with Crippen LogP contribution >= 0.6 is 11.6 Å². The highest BCUT2D eigenvalue weighted by atomic mass is 35.5. The molecule has 0 aliphatic carbocycles. The number of nitrogens with zero attached hydrogens (tertiary/aromatic N) is 2. The number of methoxy groups -OCH3 is 1. The van der Waals surface area contributed by atoms with E-state index >= 15 is 0 Å². The summed E-state index contributed by atoms with van der Waals surface area (Å²) in [5.41, 5.74) is -0.482. The molecule has 2 aromatic carbocycles. The lowest BCUT2D eigenvalue weighted by Crippen LogP contribution is -2.69. The van der Waals surface area contributed by atoms with E-state index < -0.39 is 62.4 Å². The first-order chi connectivity index (χ1) is 18.0. The van der Waals surface area contributed by atoms with Crippen molar-refractivity contribution < 1.29 is 46.2 Å². The van der Waals surface area contributed by atoms with E-state index in [4.69, 9.17) is 25.8 Å². The van der Waals surface area contributed by atoms with Gasteiger partial charge in [-0.2, -0.15) is 4.31 Å². The molecule has 2 heterocycles. The maximum absolute atomic E-state index is 14.9. The van der Waals surface area contributed by atoms with Gasteiger partial charge in [-0.3, -0.25) is 10.0 Å². The number of sulfonamides is 1. The summed E-state index contributed by atoms with van der Waals surface area (Å²) in [5, 5.41) is 9.79. The van der Waals surface area contributed by atoms with E-state index in [0.717, 1.165) is 9.21 Å². The molecule has 2 atom stereocenters. The molecule has 2 unspecified atom stereocenters. The second-order valence-corrected chi connectivity index (χ2v) is 11.0. The molecule has 2 fully saturated rings. The van der Waals surface area contributed by atoms with Crippen molar-refractivity contribution >= 4 is 33.6 Å². The molecular weight excluding hydrogens is 552 g/mol. The van der Waals surface area contributed by atoms with Gasteiger partial charge in [0.05, 0.1) is 18.0 Å². The molecule has 2 saturated heterocycles. The first-order valence-corrected chi connectivity index (χ1v) is 13.2. The molecule has 0 radical (unpaired) electrons. The van der Waals surface area contributed by atoms with Crippen molar-refractivity contribution in [3.05, 3.63) is 53.1 Å². The average Bonchev–Trinajstić information content (AvgIpc) is 3.15. The van der Waals surface area contributed by atoms with Gasteiger partial charge in [-0.25, -0.2) is 27.5 Å². The van der Waals surface area contributed by atoms with Crippen LogP contribution in [0.25, 0.3) is 0 Å². The minimum Gasteiger partial charge on any atom is -0.451 e. The highest BCUT2D eigenvalue weighted by Gasteiger charge is 2.62. The van der Waals surface area contributed by atoms with Crippen LogP contribution in [0.4, 0.5) is 13.6 Å². The Labute approximate surface area is 221 Å². The Kier molecular flexibility index (Phi) is 8.09. The topological polar surface area (TPSA) is 135 Å². The quantitative estimate of drug-likeness (QED) is 0.279. The van der Waals surface area contributed by atoms with E-state index in [1.807, 2.05) is 0 Å². The predicted molar refractivity (Wildman–Crippen MR) is 127 cm³/mol. The second-order valence-electron chi connectivity index (χ2n) is 8.73. The number of amides is 2. The first-order valence-electron chi connectivity index (χ1n) is 11.4. The number of halogens is 3. The monoisotopic (exact) mass is 575 g/mol. The number of hydrogen-bond donors (Lipinski definition) is 2. The summed E-state index contributed by atoms with van der Waals surface area (Å²) >= 11 is 5.80. The van der Waals surface area contributed by atoms with Gasteiger partial charge in [-0.15, -0.1) is 0 Å². The average molecular weight is 576 g/mol. The smallest absolute Gasteiger partial charge is 0.409 e. The molecule has 2 bridgehead atoms. The van der Waals surface area contributed by atoms with Crippen molar-refractivity contribution in [3.8, 4) is 11.5 Å². The van der Waals surface area contributed by atoms with Crippen LogP contribution in [0.15, 0.2) is 41.3 Å². The number of nitrogens with one attached hydrogen (secondary N) is 1. The van der Waals surface area contributed by atoms with Crippen LogP contribution in [0.3, 0.4) is 0 Å². The molecule has 206 valence electrons. The third-order valence-electron chi connectivity index (χ3n) is 6.39. The summed E-state index contributed by atoms with van der Waals surface area (Å²) in [6, 6.07) is 5.87. The molecule has 11 nitrogen and oxygen atoms in total. The van der Waals surface area contributed by atoms with Gasteiger partial charge in [0.1, 0.15) is 17.9 Å². The van der Waals surface area contributed by atoms with Gasteiger partial charge in [0.25, 0.3) is 5.91 Å². The van der Waals surface area contributed by atoms with E-state index in [0.29, 0.717) is 17.2 Å². The zero-order valence-electron chi connectivity index (χ0n) is 20.0. The zero-order valence-corrected chi connectivity index (χ0v) is 21.6. The Morgan fingerprint density at radius 3 is 2.45 bits per heavy atom. The highest BCUT2D eigenvalue weighted by Crippen LogP contribution is 2.44. The molecule has 2 amide bonds. The fourth-order valence-electron chi connectivity index (χ4n) is 4.71. The number of piperazine rings is 1. The number of carbonyl (C=O) groups is 2. The summed E-state index contributed by atoms with van der Waals surface area (Å²) in [5.74, 6) is -4.46. The number of likely N-dealkylation sites (tertiary alicyclic amines) is 1. The van der Waals surface area contributed by atoms with Crippen LogP contribution in [-0.4, -0.2) is 79.8 Å². The summed E-state index contributed by atoms with van der Waals surface area (Å²) in [6.07, 6.45) is -0.729. The van der Waals surface area contributed by atoms with Crippen molar-refractivity contribution in [1.82, 2.24) is 14.7 Å². The van der Waals surface area contributed by atoms with Crippen LogP contribution in [0.1, 0.15) is 12.8 Å². The number of hydrogen-bond acceptors (Lipinski definition) is 8. The number of carbonyl (C=O) groups excluding carboxylic acids is 2. The van der Waals surface area contributed by atoms with Crippen LogP contribution < -0.4 is 10.2 Å². The SMILES string of the molecule is COCCOC(=O)N1CC2CCC(C(=O)NO)(C1)N2S(=O)(=O)c1cc(F)c(Oc2ccc(Cl)cc2)c(F)c1. The first kappa shape index (κ1) is 28.0. The Morgan fingerprint density at radius 2 is 1.84 bits per heavy atom. The molecule has 0 saturated carbocycles. The van der Waals surface area contributed by atoms with E-state index in [1.165, 1.54) is 36.9 Å². The fourth-order valence-corrected chi connectivity index (χ4v) is 6.82. The molecule has 38 heavy (non-hydrogen) atoms. The maximum atomic E-state index is 14.9. The fraction of sp³-hybridized carbons (Fsp3) is 0.391. The summed E-state index contributed by atoms with van der Waals surface area (Å²) < 4.78 is 73.2. The molecule has 2 aromatic rings. The Balaban J connectivity index is 1.66. The third-order valence-corrected chi connectivity index (χ3v) is 8.63. The van der Waals surface area contributed by atoms with Gasteiger partial charge in [0, 0.05) is 24.7 Å². The van der Waals surface area contributed by atoms with Gasteiger partial charge >= 0.3 is 6.09 Å². The number of benzene rings is 2. The van der Waals surface area contributed by atoms with Gasteiger partial charge < -0.3 is 19.1 Å². The highest BCUT2D eigenvalue weighted by molar-refractivity contribution is 7.89. The molecule has 2 aliphatic heterocycles. The Bertz CT molecular complexity index is 1310. The van der Waals surface area contributed by atoms with Gasteiger partial charge in [0.2, 0.25) is 10.0 Å². The zero-order chi connectivity index (χ0) is 27.7. The van der Waals surface area contributed by atoms with Crippen molar-refractivity contribution in [2.24, 2.45) is 0 Å². The normalized spacial score (nSPS) is 21.3. The van der Waals surface area contributed by atoms with Gasteiger partial charge in [-0.05, 0) is 49.2 Å². The maximum Gasteiger partial charge on any atom is 0.409 e. The van der Waals surface area contributed by atoms with Crippen LogP contribution in [0.2, 0.25) is 5.02 Å². The van der Waals surface area contributed by atoms with Crippen molar-refractivity contribution in [2.45, 2.75) is 29.3 Å². The second kappa shape index (κ2) is 11.0. The number of rotatable bonds is 8. The van der Waals surface area contributed by atoms with Crippen LogP contribution in [0, 0.1) is 11.6 Å². The molecule has 4 rings (SSSR count). The Morgan fingerprint density at radius 1 is 1.18 bits per heavy atom. The lowest BCUT2D eigenvalue weighted by molar-refractivity contribution is -0.141. The molecule has 2 aliphatic rings. The summed E-state index contributed by atoms with van der Waals surface area (Å²) in [7, 11) is -3.30. The largest absolute Gasteiger partial charge is 0.451 e. The van der Waals surface area contributed by atoms with E-state index in [9.17, 15) is 32.0 Å². The minimum absolute atomic E-state index is 0.0616. The summed E-state index contributed by atoms with van der Waals surface area (Å²) in [4.78, 5) is 25.7. The van der Waals surface area contributed by atoms with E-state index in [2.05, 4.69) is 0 Å². The van der Waals surface area contributed by atoms with E-state index in [-0.39, 0.29) is 38.3 Å². The number of ether oxygens (including phenoxy) is 3. The van der Waals surface area contributed by atoms with Gasteiger partial charge in [-0.1, -0.05) is 11.6 Å². The van der Waals surface area contributed by atoms with E-state index in [1.54, 1.807) is 0 Å². The van der Waals surface area contributed by atoms with Crippen molar-refractivity contribution in [3.63, 3.8) is 0 Å². The predicted octanol–water partition coefficient (Wildman–Crippen LogP) is 2.91. The van der Waals surface area contributed by atoms with Crippen molar-refractivity contribution in [1.29, 1.82) is 0 Å². The summed E-state index contributed by atoms with van der Waals surface area (Å²) in [6.45, 7) is -0.542. The molecular formula is C23H24ClF2N3O8S. The lowest BCUT2D eigenvalue weighted by Gasteiger charge is -2.45. The van der Waals surface area contributed by atoms with Crippen LogP contribution in [-0.2, 0) is 24.3 Å². The molecule has 0 aromatic heterocycles. The Hall–Kier alpha value is -3.04. The molecule has 0 spiro atoms. The third kappa shape index (κ3) is 5.14. The molecule has 2 N–H and O–H groups in total. The minimum atomic E-state index is -4.71. The standard InChI is InChI=1S/C23H24ClF2N3O8S/c1-35-8-9-36-22(31)28-12-15-6-7-23(13-28,21(30)27-32)29(15)38(33,34)17-10-18(25)20(19(26)11-17)37-16-4-2-14(24)3-5-16/h2-5,10-11,15,32H,6-9,12-13H2,1H3,(H,27,30). The van der Waals surface area contributed by atoms with Gasteiger partial charge in [0.15, 0.2) is 17.4 Å². The van der Waals surface area contributed by atoms with Crippen LogP contribution in [0.5, 0.6) is 11.5 Å². The number of fused-ring (bicyclic) bond motifs is 2. The lowest BCUT2D eigenvalue weighted by atomic mass is 9.96. The number of hydroxylamine groups is 1. The molecule has 15 heteroatoms.